The average Bonchev–Trinajstić information content (AvgIpc) is 2.99. The van der Waals surface area contributed by atoms with E-state index in [1.807, 2.05) is 23.1 Å². The first-order valence-corrected chi connectivity index (χ1v) is 9.72. The number of thiazole rings is 1. The Morgan fingerprint density at radius 1 is 1.19 bits per heavy atom. The molecule has 21 heavy (non-hydrogen) atoms. The SMILES string of the molecule is c1ccc(C2CCc3nc(C4CSCCN4)sc3C2)cc1. The van der Waals surface area contributed by atoms with Crippen LogP contribution in [0.2, 0.25) is 0 Å². The highest BCUT2D eigenvalue weighted by molar-refractivity contribution is 7.99. The molecule has 1 aliphatic heterocycles. The lowest BCUT2D eigenvalue weighted by molar-refractivity contribution is 0.572. The van der Waals surface area contributed by atoms with Crippen molar-refractivity contribution in [3.8, 4) is 0 Å². The Balaban J connectivity index is 1.54. The van der Waals surface area contributed by atoms with E-state index in [4.69, 9.17) is 4.98 Å². The molecular formula is C17H20N2S2. The fourth-order valence-electron chi connectivity index (χ4n) is 3.28. The molecule has 0 saturated carbocycles. The number of hydrogen-bond acceptors (Lipinski definition) is 4. The standard InChI is InChI=1S/C17H20N2S2/c1-2-4-12(5-3-1)13-6-7-14-16(10-13)21-17(19-14)15-11-20-9-8-18-15/h1-5,13,15,18H,6-11H2. The lowest BCUT2D eigenvalue weighted by Crippen LogP contribution is -2.30. The molecule has 4 heteroatoms. The minimum absolute atomic E-state index is 0.481. The van der Waals surface area contributed by atoms with Crippen molar-refractivity contribution in [3.05, 3.63) is 51.5 Å². The number of aromatic nitrogens is 1. The third-order valence-corrected chi connectivity index (χ3v) is 6.74. The Bertz CT molecular complexity index is 603. The van der Waals surface area contributed by atoms with Gasteiger partial charge in [0.05, 0.1) is 11.7 Å². The highest BCUT2D eigenvalue weighted by Gasteiger charge is 2.26. The molecule has 0 amide bonds. The topological polar surface area (TPSA) is 24.9 Å². The van der Waals surface area contributed by atoms with E-state index in [0.29, 0.717) is 12.0 Å². The van der Waals surface area contributed by atoms with Gasteiger partial charge in [0, 0.05) is 22.9 Å². The van der Waals surface area contributed by atoms with Crippen molar-refractivity contribution in [2.45, 2.75) is 31.2 Å². The van der Waals surface area contributed by atoms with Crippen molar-refractivity contribution in [2.75, 3.05) is 18.1 Å². The van der Waals surface area contributed by atoms with Crippen molar-refractivity contribution in [2.24, 2.45) is 0 Å². The van der Waals surface area contributed by atoms with Gasteiger partial charge in [-0.2, -0.15) is 11.8 Å². The monoisotopic (exact) mass is 316 g/mol. The first-order valence-electron chi connectivity index (χ1n) is 7.74. The van der Waals surface area contributed by atoms with E-state index in [0.717, 1.165) is 13.0 Å². The number of aryl methyl sites for hydroxylation is 1. The van der Waals surface area contributed by atoms with Gasteiger partial charge in [0.15, 0.2) is 0 Å². The second-order valence-electron chi connectivity index (χ2n) is 5.85. The molecule has 1 aliphatic carbocycles. The second kappa shape index (κ2) is 6.11. The molecule has 2 nitrogen and oxygen atoms in total. The van der Waals surface area contributed by atoms with Crippen LogP contribution in [-0.4, -0.2) is 23.0 Å². The third kappa shape index (κ3) is 2.89. The van der Waals surface area contributed by atoms with Crippen molar-refractivity contribution >= 4 is 23.1 Å². The van der Waals surface area contributed by atoms with Gasteiger partial charge < -0.3 is 5.32 Å². The largest absolute Gasteiger partial charge is 0.306 e. The van der Waals surface area contributed by atoms with Crippen molar-refractivity contribution in [1.82, 2.24) is 10.3 Å². The zero-order valence-corrected chi connectivity index (χ0v) is 13.7. The quantitative estimate of drug-likeness (QED) is 0.912. The van der Waals surface area contributed by atoms with E-state index in [1.165, 1.54) is 45.5 Å². The van der Waals surface area contributed by atoms with E-state index in [9.17, 15) is 0 Å². The molecule has 1 aromatic carbocycles. The number of rotatable bonds is 2. The van der Waals surface area contributed by atoms with Gasteiger partial charge in [0.1, 0.15) is 5.01 Å². The van der Waals surface area contributed by atoms with Gasteiger partial charge in [-0.25, -0.2) is 4.98 Å². The summed E-state index contributed by atoms with van der Waals surface area (Å²) in [7, 11) is 0. The van der Waals surface area contributed by atoms with Gasteiger partial charge in [0.2, 0.25) is 0 Å². The van der Waals surface area contributed by atoms with Gasteiger partial charge in [-0.05, 0) is 30.7 Å². The maximum Gasteiger partial charge on any atom is 0.111 e. The molecule has 0 radical (unpaired) electrons. The predicted octanol–water partition coefficient (Wildman–Crippen LogP) is 3.79. The van der Waals surface area contributed by atoms with Crippen LogP contribution in [0.5, 0.6) is 0 Å². The second-order valence-corrected chi connectivity index (χ2v) is 8.12. The van der Waals surface area contributed by atoms with Crippen molar-refractivity contribution < 1.29 is 0 Å². The van der Waals surface area contributed by atoms with Crippen LogP contribution in [0.25, 0.3) is 0 Å². The van der Waals surface area contributed by atoms with Gasteiger partial charge in [-0.1, -0.05) is 30.3 Å². The maximum absolute atomic E-state index is 4.95. The summed E-state index contributed by atoms with van der Waals surface area (Å²) in [5.41, 5.74) is 2.86. The fraction of sp³-hybridized carbons (Fsp3) is 0.471. The fourth-order valence-corrected chi connectivity index (χ4v) is 5.59. The molecule has 2 heterocycles. The van der Waals surface area contributed by atoms with Crippen molar-refractivity contribution in [3.63, 3.8) is 0 Å². The van der Waals surface area contributed by atoms with E-state index < -0.39 is 0 Å². The van der Waals surface area contributed by atoms with Crippen LogP contribution in [0.15, 0.2) is 30.3 Å². The van der Waals surface area contributed by atoms with Crippen LogP contribution in [-0.2, 0) is 12.8 Å². The third-order valence-electron chi connectivity index (χ3n) is 4.45. The van der Waals surface area contributed by atoms with Gasteiger partial charge in [-0.3, -0.25) is 0 Å². The van der Waals surface area contributed by atoms with E-state index in [2.05, 4.69) is 35.6 Å². The van der Waals surface area contributed by atoms with E-state index >= 15 is 0 Å². The van der Waals surface area contributed by atoms with E-state index in [1.54, 1.807) is 0 Å². The number of benzene rings is 1. The zero-order chi connectivity index (χ0) is 14.1. The van der Waals surface area contributed by atoms with Gasteiger partial charge >= 0.3 is 0 Å². The Kier molecular flexibility index (Phi) is 4.01. The molecule has 2 aliphatic rings. The molecule has 4 rings (SSSR count). The normalized spacial score (nSPS) is 25.5. The van der Waals surface area contributed by atoms with Crippen LogP contribution < -0.4 is 5.32 Å². The first kappa shape index (κ1) is 13.8. The highest BCUT2D eigenvalue weighted by atomic mass is 32.2. The summed E-state index contributed by atoms with van der Waals surface area (Å²) in [6, 6.07) is 11.5. The lowest BCUT2D eigenvalue weighted by Gasteiger charge is -2.21. The average molecular weight is 316 g/mol. The summed E-state index contributed by atoms with van der Waals surface area (Å²) < 4.78 is 0. The van der Waals surface area contributed by atoms with Gasteiger partial charge in [-0.15, -0.1) is 11.3 Å². The minimum atomic E-state index is 0.481. The predicted molar refractivity (Wildman–Crippen MR) is 91.4 cm³/mol. The first-order chi connectivity index (χ1) is 10.4. The molecule has 0 spiro atoms. The van der Waals surface area contributed by atoms with Crippen LogP contribution in [0.3, 0.4) is 0 Å². The Labute approximate surface area is 134 Å². The Morgan fingerprint density at radius 3 is 2.90 bits per heavy atom. The van der Waals surface area contributed by atoms with Crippen LogP contribution in [0.4, 0.5) is 0 Å². The molecule has 2 aromatic rings. The maximum atomic E-state index is 4.95. The van der Waals surface area contributed by atoms with Crippen LogP contribution in [0.1, 0.15) is 39.5 Å². The highest BCUT2D eigenvalue weighted by Crippen LogP contribution is 2.37. The summed E-state index contributed by atoms with van der Waals surface area (Å²) in [5.74, 6) is 3.09. The van der Waals surface area contributed by atoms with Crippen LogP contribution >= 0.6 is 23.1 Å². The summed E-state index contributed by atoms with van der Waals surface area (Å²) >= 11 is 4.00. The molecule has 1 aromatic heterocycles. The molecule has 110 valence electrons. The Morgan fingerprint density at radius 2 is 2.10 bits per heavy atom. The van der Waals surface area contributed by atoms with E-state index in [-0.39, 0.29) is 0 Å². The minimum Gasteiger partial charge on any atom is -0.306 e. The number of hydrogen-bond donors (Lipinski definition) is 1. The smallest absolute Gasteiger partial charge is 0.111 e. The summed E-state index contributed by atoms with van der Waals surface area (Å²) in [5, 5.41) is 4.93. The Hall–Kier alpha value is -0.840. The number of nitrogens with one attached hydrogen (secondary N) is 1. The molecule has 2 unspecified atom stereocenters. The zero-order valence-electron chi connectivity index (χ0n) is 12.0. The summed E-state index contributed by atoms with van der Waals surface area (Å²) in [4.78, 5) is 6.48. The molecular weight excluding hydrogens is 296 g/mol. The van der Waals surface area contributed by atoms with Crippen LogP contribution in [0, 0.1) is 0 Å². The molecule has 1 saturated heterocycles. The molecule has 0 bridgehead atoms. The summed E-state index contributed by atoms with van der Waals surface area (Å²) in [6.07, 6.45) is 3.56. The van der Waals surface area contributed by atoms with Crippen molar-refractivity contribution in [1.29, 1.82) is 0 Å². The van der Waals surface area contributed by atoms with Gasteiger partial charge in [0.25, 0.3) is 0 Å². The molecule has 2 atom stereocenters. The number of fused-ring (bicyclic) bond motifs is 1. The molecule has 1 fully saturated rings. The number of nitrogens with zero attached hydrogens (tertiary/aromatic N) is 1. The number of thioether (sulfide) groups is 1. The summed E-state index contributed by atoms with van der Waals surface area (Å²) in [6.45, 7) is 1.12. The molecule has 1 N–H and O–H groups in total. The lowest BCUT2D eigenvalue weighted by atomic mass is 9.85.